The van der Waals surface area contributed by atoms with Crippen molar-refractivity contribution in [3.63, 3.8) is 0 Å². The van der Waals surface area contributed by atoms with Gasteiger partial charge < -0.3 is 14.8 Å². The van der Waals surface area contributed by atoms with Gasteiger partial charge in [0.05, 0.1) is 7.11 Å². The lowest BCUT2D eigenvalue weighted by molar-refractivity contribution is -0.150. The van der Waals surface area contributed by atoms with Crippen LogP contribution in [-0.4, -0.2) is 25.1 Å². The van der Waals surface area contributed by atoms with E-state index in [1.54, 1.807) is 25.3 Å². The molecule has 0 spiro atoms. The zero-order valence-corrected chi connectivity index (χ0v) is 13.0. The molecule has 118 valence electrons. The average molecular weight is 303 g/mol. The largest absolute Gasteiger partial charge is 0.497 e. The third kappa shape index (κ3) is 6.26. The minimum atomic E-state index is -0.846. The maximum atomic E-state index is 11.9. The first-order chi connectivity index (χ1) is 10.6. The fourth-order valence-corrected chi connectivity index (χ4v) is 1.59. The van der Waals surface area contributed by atoms with Crippen LogP contribution < -0.4 is 10.1 Å². The zero-order valence-electron chi connectivity index (χ0n) is 13.0. The Morgan fingerprint density at radius 3 is 2.50 bits per heavy atom. The molecule has 0 heterocycles. The van der Waals surface area contributed by atoms with Crippen molar-refractivity contribution >= 4 is 11.9 Å². The molecule has 0 unspecified atom stereocenters. The molecule has 0 aliphatic rings. The summed E-state index contributed by atoms with van der Waals surface area (Å²) in [5.74, 6) is -0.140. The smallest absolute Gasteiger partial charge is 0.331 e. The number of carbonyl (C=O) groups excluding carboxylic acids is 2. The summed E-state index contributed by atoms with van der Waals surface area (Å²) in [4.78, 5) is 23.3. The number of methoxy groups -OCH3 is 1. The maximum Gasteiger partial charge on any atom is 0.331 e. The number of hydrogen-bond acceptors (Lipinski definition) is 4. The van der Waals surface area contributed by atoms with E-state index in [9.17, 15) is 9.59 Å². The van der Waals surface area contributed by atoms with Gasteiger partial charge in [-0.05, 0) is 31.5 Å². The van der Waals surface area contributed by atoms with Crippen LogP contribution in [0.4, 0.5) is 0 Å². The van der Waals surface area contributed by atoms with Gasteiger partial charge in [-0.3, -0.25) is 4.79 Å². The molecular formula is C17H21NO4. The summed E-state index contributed by atoms with van der Waals surface area (Å²) in [5, 5.41) is 2.71. The summed E-state index contributed by atoms with van der Waals surface area (Å²) in [6.45, 7) is 3.73. The molecule has 1 aromatic rings. The van der Waals surface area contributed by atoms with E-state index >= 15 is 0 Å². The molecular weight excluding hydrogens is 282 g/mol. The van der Waals surface area contributed by atoms with Gasteiger partial charge in [-0.1, -0.05) is 30.4 Å². The summed E-state index contributed by atoms with van der Waals surface area (Å²) in [6, 6.07) is 7.35. The summed E-state index contributed by atoms with van der Waals surface area (Å²) < 4.78 is 10.1. The molecule has 0 bridgehead atoms. The highest BCUT2D eigenvalue weighted by atomic mass is 16.5. The van der Waals surface area contributed by atoms with Crippen molar-refractivity contribution in [3.8, 4) is 5.75 Å². The standard InChI is InChI=1S/C17H21NO4/c1-4-5-6-7-16(19)22-13(2)17(20)18-12-14-8-10-15(21-3)11-9-14/h4-11,13H,12H2,1-3H3,(H,18,20)/b5-4+,7-6+/t13-/m0/s1. The molecule has 1 aromatic carbocycles. The second-order valence-corrected chi connectivity index (χ2v) is 4.53. The lowest BCUT2D eigenvalue weighted by Crippen LogP contribution is -2.35. The summed E-state index contributed by atoms with van der Waals surface area (Å²) in [5.41, 5.74) is 0.931. The molecule has 0 fully saturated rings. The fraction of sp³-hybridized carbons (Fsp3) is 0.294. The Bertz CT molecular complexity index is 546. The Morgan fingerprint density at radius 2 is 1.91 bits per heavy atom. The van der Waals surface area contributed by atoms with Crippen LogP contribution in [0.1, 0.15) is 19.4 Å². The molecule has 1 N–H and O–H groups in total. The van der Waals surface area contributed by atoms with Crippen LogP contribution >= 0.6 is 0 Å². The van der Waals surface area contributed by atoms with E-state index in [1.807, 2.05) is 31.2 Å². The Kier molecular flexibility index (Phi) is 7.47. The Morgan fingerprint density at radius 1 is 1.23 bits per heavy atom. The molecule has 1 amide bonds. The van der Waals surface area contributed by atoms with Gasteiger partial charge in [0.25, 0.3) is 5.91 Å². The number of esters is 1. The van der Waals surface area contributed by atoms with Gasteiger partial charge in [-0.15, -0.1) is 0 Å². The zero-order chi connectivity index (χ0) is 16.4. The fourth-order valence-electron chi connectivity index (χ4n) is 1.59. The van der Waals surface area contributed by atoms with Crippen LogP contribution in [0.15, 0.2) is 48.6 Å². The van der Waals surface area contributed by atoms with Gasteiger partial charge in [0.1, 0.15) is 5.75 Å². The molecule has 22 heavy (non-hydrogen) atoms. The van der Waals surface area contributed by atoms with E-state index in [2.05, 4.69) is 5.32 Å². The first-order valence-electron chi connectivity index (χ1n) is 6.97. The highest BCUT2D eigenvalue weighted by Gasteiger charge is 2.15. The van der Waals surface area contributed by atoms with Gasteiger partial charge in [-0.25, -0.2) is 4.79 Å². The van der Waals surface area contributed by atoms with Crippen LogP contribution in [-0.2, 0) is 20.9 Å². The normalized spacial score (nSPS) is 12.3. The van der Waals surface area contributed by atoms with Crippen LogP contribution in [0, 0.1) is 0 Å². The highest BCUT2D eigenvalue weighted by molar-refractivity contribution is 5.87. The number of ether oxygens (including phenoxy) is 2. The van der Waals surface area contributed by atoms with Crippen LogP contribution in [0.25, 0.3) is 0 Å². The number of carbonyl (C=O) groups is 2. The Labute approximate surface area is 130 Å². The van der Waals surface area contributed by atoms with E-state index < -0.39 is 12.1 Å². The molecule has 1 rings (SSSR count). The molecule has 5 heteroatoms. The molecule has 0 radical (unpaired) electrons. The molecule has 0 saturated heterocycles. The van der Waals surface area contributed by atoms with Crippen LogP contribution in [0.3, 0.4) is 0 Å². The first-order valence-corrected chi connectivity index (χ1v) is 6.97. The molecule has 1 atom stereocenters. The number of amides is 1. The van der Waals surface area contributed by atoms with Crippen molar-refractivity contribution in [2.24, 2.45) is 0 Å². The number of nitrogens with one attached hydrogen (secondary N) is 1. The molecule has 5 nitrogen and oxygen atoms in total. The van der Waals surface area contributed by atoms with Crippen molar-refractivity contribution < 1.29 is 19.1 Å². The minimum Gasteiger partial charge on any atom is -0.497 e. The minimum absolute atomic E-state index is 0.344. The van der Waals surface area contributed by atoms with Gasteiger partial charge in [0.15, 0.2) is 6.10 Å². The van der Waals surface area contributed by atoms with Gasteiger partial charge in [0.2, 0.25) is 0 Å². The Hall–Kier alpha value is -2.56. The maximum absolute atomic E-state index is 11.9. The number of benzene rings is 1. The topological polar surface area (TPSA) is 64.6 Å². The number of hydrogen-bond donors (Lipinski definition) is 1. The number of allylic oxidation sites excluding steroid dienone is 3. The lowest BCUT2D eigenvalue weighted by atomic mass is 10.2. The van der Waals surface area contributed by atoms with Crippen LogP contribution in [0.5, 0.6) is 5.75 Å². The lowest BCUT2D eigenvalue weighted by Gasteiger charge is -2.12. The predicted molar refractivity (Wildman–Crippen MR) is 84.3 cm³/mol. The number of rotatable bonds is 7. The van der Waals surface area contributed by atoms with E-state index in [1.165, 1.54) is 13.0 Å². The SMILES string of the molecule is C/C=C/C=C/C(=O)O[C@@H](C)C(=O)NCc1ccc(OC)cc1. The average Bonchev–Trinajstić information content (AvgIpc) is 2.53. The second-order valence-electron chi connectivity index (χ2n) is 4.53. The quantitative estimate of drug-likeness (QED) is 0.477. The molecule has 0 aromatic heterocycles. The summed E-state index contributed by atoms with van der Waals surface area (Å²) in [6.07, 6.45) is 5.48. The Balaban J connectivity index is 2.41. The van der Waals surface area contributed by atoms with Gasteiger partial charge >= 0.3 is 5.97 Å². The van der Waals surface area contributed by atoms with Crippen molar-refractivity contribution in [2.45, 2.75) is 26.5 Å². The van der Waals surface area contributed by atoms with E-state index in [0.717, 1.165) is 11.3 Å². The first kappa shape index (κ1) is 17.5. The van der Waals surface area contributed by atoms with E-state index in [0.29, 0.717) is 6.54 Å². The molecule has 0 saturated carbocycles. The highest BCUT2D eigenvalue weighted by Crippen LogP contribution is 2.11. The van der Waals surface area contributed by atoms with E-state index in [4.69, 9.17) is 9.47 Å². The van der Waals surface area contributed by atoms with Crippen molar-refractivity contribution in [3.05, 3.63) is 54.1 Å². The van der Waals surface area contributed by atoms with Crippen LogP contribution in [0.2, 0.25) is 0 Å². The summed E-state index contributed by atoms with van der Waals surface area (Å²) >= 11 is 0. The monoisotopic (exact) mass is 303 g/mol. The molecule has 0 aliphatic carbocycles. The second kappa shape index (κ2) is 9.39. The van der Waals surface area contributed by atoms with Crippen molar-refractivity contribution in [1.82, 2.24) is 5.32 Å². The van der Waals surface area contributed by atoms with E-state index in [-0.39, 0.29) is 5.91 Å². The molecule has 0 aliphatic heterocycles. The van der Waals surface area contributed by atoms with Crippen molar-refractivity contribution in [1.29, 1.82) is 0 Å². The predicted octanol–water partition coefficient (Wildman–Crippen LogP) is 2.38. The third-order valence-corrected chi connectivity index (χ3v) is 2.82. The van der Waals surface area contributed by atoms with Gasteiger partial charge in [-0.2, -0.15) is 0 Å². The van der Waals surface area contributed by atoms with Crippen molar-refractivity contribution in [2.75, 3.05) is 7.11 Å². The van der Waals surface area contributed by atoms with Gasteiger partial charge in [0, 0.05) is 12.6 Å². The summed E-state index contributed by atoms with van der Waals surface area (Å²) in [7, 11) is 1.59. The third-order valence-electron chi connectivity index (χ3n) is 2.82.